The summed E-state index contributed by atoms with van der Waals surface area (Å²) in [5.74, 6) is 0.665. The fraction of sp³-hybridized carbons (Fsp3) is 0.556. The molecule has 0 fully saturated rings. The Hall–Kier alpha value is -0.870. The van der Waals surface area contributed by atoms with Crippen LogP contribution in [0.2, 0.25) is 5.15 Å². The van der Waals surface area contributed by atoms with Crippen LogP contribution in [0.5, 0.6) is 0 Å². The normalized spacial score (nSPS) is 11.4. The molecule has 1 rings (SSSR count). The van der Waals surface area contributed by atoms with E-state index in [1.54, 1.807) is 20.0 Å². The Morgan fingerprint density at radius 1 is 1.43 bits per heavy atom. The molecule has 1 aromatic heterocycles. The molecule has 0 atom stereocenters. The molecule has 0 bridgehead atoms. The molecule has 4 nitrogen and oxygen atoms in total. The van der Waals surface area contributed by atoms with Crippen molar-refractivity contribution in [1.29, 1.82) is 0 Å². The fourth-order valence-corrected chi connectivity index (χ4v) is 0.998. The minimum absolute atomic E-state index is 0.373. The summed E-state index contributed by atoms with van der Waals surface area (Å²) in [5, 5.41) is 12.9. The molecule has 0 aromatic carbocycles. The van der Waals surface area contributed by atoms with Crippen molar-refractivity contribution in [2.45, 2.75) is 25.9 Å². The van der Waals surface area contributed by atoms with E-state index in [0.717, 1.165) is 0 Å². The SMILES string of the molecule is CC(C)(O)CCNc1cnc(Cl)cn1. The van der Waals surface area contributed by atoms with E-state index in [4.69, 9.17) is 11.6 Å². The quantitative estimate of drug-likeness (QED) is 0.803. The lowest BCUT2D eigenvalue weighted by atomic mass is 10.1. The smallest absolute Gasteiger partial charge is 0.147 e. The largest absolute Gasteiger partial charge is 0.390 e. The number of rotatable bonds is 4. The van der Waals surface area contributed by atoms with Gasteiger partial charge in [-0.25, -0.2) is 9.97 Å². The van der Waals surface area contributed by atoms with Crippen LogP contribution in [-0.2, 0) is 0 Å². The van der Waals surface area contributed by atoms with Crippen molar-refractivity contribution in [2.75, 3.05) is 11.9 Å². The third kappa shape index (κ3) is 4.39. The molecule has 2 N–H and O–H groups in total. The summed E-state index contributed by atoms with van der Waals surface area (Å²) in [6, 6.07) is 0. The third-order valence-electron chi connectivity index (χ3n) is 1.66. The Bertz CT molecular complexity index is 281. The summed E-state index contributed by atoms with van der Waals surface area (Å²) in [4.78, 5) is 7.88. The molecule has 14 heavy (non-hydrogen) atoms. The van der Waals surface area contributed by atoms with Crippen LogP contribution in [0.4, 0.5) is 5.82 Å². The topological polar surface area (TPSA) is 58.0 Å². The molecule has 0 aliphatic rings. The van der Waals surface area contributed by atoms with E-state index in [9.17, 15) is 5.11 Å². The average Bonchev–Trinajstić information content (AvgIpc) is 2.06. The zero-order valence-corrected chi connectivity index (χ0v) is 9.04. The van der Waals surface area contributed by atoms with Gasteiger partial charge in [0, 0.05) is 6.54 Å². The fourth-order valence-electron chi connectivity index (χ4n) is 0.900. The first kappa shape index (κ1) is 11.2. The number of halogens is 1. The standard InChI is InChI=1S/C9H14ClN3O/c1-9(2,14)3-4-11-8-6-12-7(10)5-13-8/h5-6,14H,3-4H2,1-2H3,(H,11,13). The van der Waals surface area contributed by atoms with Gasteiger partial charge in [-0.05, 0) is 20.3 Å². The lowest BCUT2D eigenvalue weighted by Crippen LogP contribution is -2.22. The zero-order valence-electron chi connectivity index (χ0n) is 8.29. The Morgan fingerprint density at radius 2 is 2.14 bits per heavy atom. The third-order valence-corrected chi connectivity index (χ3v) is 1.86. The molecule has 1 aromatic rings. The number of hydrogen-bond acceptors (Lipinski definition) is 4. The van der Waals surface area contributed by atoms with Gasteiger partial charge in [0.1, 0.15) is 11.0 Å². The molecule has 0 saturated carbocycles. The van der Waals surface area contributed by atoms with Crippen LogP contribution in [0.3, 0.4) is 0 Å². The Balaban J connectivity index is 2.35. The summed E-state index contributed by atoms with van der Waals surface area (Å²) >= 11 is 5.58. The summed E-state index contributed by atoms with van der Waals surface area (Å²) in [5.41, 5.74) is -0.660. The highest BCUT2D eigenvalue weighted by Gasteiger charge is 2.11. The molecule has 0 saturated heterocycles. The van der Waals surface area contributed by atoms with Gasteiger partial charge in [-0.2, -0.15) is 0 Å². The maximum atomic E-state index is 9.44. The summed E-state index contributed by atoms with van der Waals surface area (Å²) in [6.45, 7) is 4.18. The number of aromatic nitrogens is 2. The van der Waals surface area contributed by atoms with Gasteiger partial charge in [0.05, 0.1) is 18.0 Å². The summed E-state index contributed by atoms with van der Waals surface area (Å²) in [6.07, 6.45) is 3.69. The van der Waals surface area contributed by atoms with Crippen LogP contribution in [0, 0.1) is 0 Å². The van der Waals surface area contributed by atoms with Gasteiger partial charge < -0.3 is 10.4 Å². The van der Waals surface area contributed by atoms with Gasteiger partial charge in [0.2, 0.25) is 0 Å². The second-order valence-electron chi connectivity index (χ2n) is 3.71. The predicted molar refractivity (Wildman–Crippen MR) is 56.4 cm³/mol. The van der Waals surface area contributed by atoms with Gasteiger partial charge in [-0.3, -0.25) is 0 Å². The van der Waals surface area contributed by atoms with E-state index in [0.29, 0.717) is 23.9 Å². The van der Waals surface area contributed by atoms with Gasteiger partial charge in [-0.1, -0.05) is 11.6 Å². The second kappa shape index (κ2) is 4.57. The van der Waals surface area contributed by atoms with E-state index in [2.05, 4.69) is 15.3 Å². The van der Waals surface area contributed by atoms with Crippen molar-refractivity contribution in [3.8, 4) is 0 Å². The van der Waals surface area contributed by atoms with Crippen LogP contribution < -0.4 is 5.32 Å². The minimum Gasteiger partial charge on any atom is -0.390 e. The molecule has 0 aliphatic heterocycles. The highest BCUT2D eigenvalue weighted by molar-refractivity contribution is 6.29. The molecule has 0 spiro atoms. The molecule has 1 heterocycles. The molecular formula is C9H14ClN3O. The Labute approximate surface area is 88.3 Å². The van der Waals surface area contributed by atoms with Crippen LogP contribution in [0.15, 0.2) is 12.4 Å². The Morgan fingerprint density at radius 3 is 2.64 bits per heavy atom. The lowest BCUT2D eigenvalue weighted by Gasteiger charge is -2.16. The number of nitrogens with zero attached hydrogens (tertiary/aromatic N) is 2. The minimum atomic E-state index is -0.660. The van der Waals surface area contributed by atoms with E-state index in [-0.39, 0.29) is 0 Å². The first-order valence-corrected chi connectivity index (χ1v) is 4.79. The van der Waals surface area contributed by atoms with Crippen LogP contribution in [0.1, 0.15) is 20.3 Å². The van der Waals surface area contributed by atoms with Crippen molar-refractivity contribution >= 4 is 17.4 Å². The Kier molecular flexibility index (Phi) is 3.66. The number of nitrogens with one attached hydrogen (secondary N) is 1. The lowest BCUT2D eigenvalue weighted by molar-refractivity contribution is 0.0748. The van der Waals surface area contributed by atoms with E-state index < -0.39 is 5.60 Å². The number of hydrogen-bond donors (Lipinski definition) is 2. The average molecular weight is 216 g/mol. The number of anilines is 1. The monoisotopic (exact) mass is 215 g/mol. The first-order chi connectivity index (χ1) is 6.47. The van der Waals surface area contributed by atoms with Gasteiger partial charge >= 0.3 is 0 Å². The molecule has 0 radical (unpaired) electrons. The summed E-state index contributed by atoms with van der Waals surface area (Å²) < 4.78 is 0. The van der Waals surface area contributed by atoms with Gasteiger partial charge in [0.15, 0.2) is 0 Å². The second-order valence-corrected chi connectivity index (χ2v) is 4.10. The highest BCUT2D eigenvalue weighted by atomic mass is 35.5. The van der Waals surface area contributed by atoms with Crippen LogP contribution in [-0.4, -0.2) is 27.2 Å². The first-order valence-electron chi connectivity index (χ1n) is 4.41. The van der Waals surface area contributed by atoms with Gasteiger partial charge in [0.25, 0.3) is 0 Å². The van der Waals surface area contributed by atoms with Crippen molar-refractivity contribution in [3.05, 3.63) is 17.5 Å². The molecule has 5 heteroatoms. The van der Waals surface area contributed by atoms with Crippen molar-refractivity contribution in [1.82, 2.24) is 9.97 Å². The molecule has 0 amide bonds. The molecule has 78 valence electrons. The molecule has 0 unspecified atom stereocenters. The summed E-state index contributed by atoms with van der Waals surface area (Å²) in [7, 11) is 0. The van der Waals surface area contributed by atoms with Crippen LogP contribution >= 0.6 is 11.6 Å². The number of aliphatic hydroxyl groups is 1. The van der Waals surface area contributed by atoms with Crippen molar-refractivity contribution in [2.24, 2.45) is 0 Å². The van der Waals surface area contributed by atoms with Crippen molar-refractivity contribution < 1.29 is 5.11 Å². The van der Waals surface area contributed by atoms with E-state index >= 15 is 0 Å². The van der Waals surface area contributed by atoms with E-state index in [1.807, 2.05) is 0 Å². The maximum Gasteiger partial charge on any atom is 0.147 e. The molecule has 0 aliphatic carbocycles. The predicted octanol–water partition coefficient (Wildman–Crippen LogP) is 1.70. The van der Waals surface area contributed by atoms with Crippen molar-refractivity contribution in [3.63, 3.8) is 0 Å². The zero-order chi connectivity index (χ0) is 10.6. The van der Waals surface area contributed by atoms with E-state index in [1.165, 1.54) is 6.20 Å². The highest BCUT2D eigenvalue weighted by Crippen LogP contribution is 2.09. The maximum absolute atomic E-state index is 9.44. The van der Waals surface area contributed by atoms with Crippen LogP contribution in [0.25, 0.3) is 0 Å². The molecular weight excluding hydrogens is 202 g/mol. The van der Waals surface area contributed by atoms with Gasteiger partial charge in [-0.15, -0.1) is 0 Å².